The molecule has 0 atom stereocenters. The number of ketones is 1. The fraction of sp³-hybridized carbons (Fsp3) is 0.190. The number of hydrogen-bond donors (Lipinski definition) is 0. The summed E-state index contributed by atoms with van der Waals surface area (Å²) in [6.07, 6.45) is 0. The molecule has 29 heavy (non-hydrogen) atoms. The highest BCUT2D eigenvalue weighted by Crippen LogP contribution is 2.40. The lowest BCUT2D eigenvalue weighted by Crippen LogP contribution is -2.28. The van der Waals surface area contributed by atoms with Gasteiger partial charge in [0.2, 0.25) is 5.78 Å². The van der Waals surface area contributed by atoms with E-state index in [4.69, 9.17) is 21.1 Å². The number of para-hydroxylation sites is 3. The van der Waals surface area contributed by atoms with E-state index in [-0.39, 0.29) is 5.57 Å². The van der Waals surface area contributed by atoms with Gasteiger partial charge in [0.1, 0.15) is 23.2 Å². The number of fused-ring (bicyclic) bond motifs is 1. The molecule has 0 N–H and O–H groups in total. The maximum atomic E-state index is 12.6. The van der Waals surface area contributed by atoms with Crippen LogP contribution in [0.2, 0.25) is 5.02 Å². The maximum Gasteiger partial charge on any atom is 0.344 e. The SMILES string of the molecule is CN1C(=C(C#N)C(=O)COC(=O)COc2ccccc2Cl)N(C)c2ccccc21. The minimum atomic E-state index is -0.739. The van der Waals surface area contributed by atoms with Gasteiger partial charge in [0, 0.05) is 14.1 Å². The smallest absolute Gasteiger partial charge is 0.344 e. The highest BCUT2D eigenvalue weighted by Gasteiger charge is 2.31. The van der Waals surface area contributed by atoms with Crippen molar-refractivity contribution < 1.29 is 19.1 Å². The normalized spacial score (nSPS) is 12.3. The van der Waals surface area contributed by atoms with E-state index in [2.05, 4.69) is 0 Å². The van der Waals surface area contributed by atoms with Crippen LogP contribution in [0.25, 0.3) is 0 Å². The Labute approximate surface area is 173 Å². The standard InChI is InChI=1S/C21H18ClN3O4/c1-24-16-8-4-5-9-17(16)25(2)21(24)14(11-23)18(26)12-29-20(27)13-28-19-10-6-3-7-15(19)22/h3-10H,12-13H2,1-2H3. The van der Waals surface area contributed by atoms with Crippen molar-refractivity contribution in [1.82, 2.24) is 0 Å². The van der Waals surface area contributed by atoms with Gasteiger partial charge in [-0.3, -0.25) is 4.79 Å². The molecule has 0 radical (unpaired) electrons. The number of Topliss-reactive ketones (excluding diaryl/α,β-unsaturated/α-hetero) is 1. The van der Waals surface area contributed by atoms with Gasteiger partial charge >= 0.3 is 5.97 Å². The molecule has 1 aliphatic rings. The van der Waals surface area contributed by atoms with E-state index in [1.807, 2.05) is 30.3 Å². The van der Waals surface area contributed by atoms with Crippen LogP contribution in [0.3, 0.4) is 0 Å². The summed E-state index contributed by atoms with van der Waals surface area (Å²) in [5, 5.41) is 9.92. The second kappa shape index (κ2) is 8.67. The molecule has 3 rings (SSSR count). The van der Waals surface area contributed by atoms with Gasteiger partial charge < -0.3 is 19.3 Å². The third-order valence-electron chi connectivity index (χ3n) is 4.40. The Kier molecular flexibility index (Phi) is 6.05. The molecule has 7 nitrogen and oxygen atoms in total. The fourth-order valence-corrected chi connectivity index (χ4v) is 3.21. The van der Waals surface area contributed by atoms with E-state index < -0.39 is 25.0 Å². The van der Waals surface area contributed by atoms with Gasteiger partial charge in [-0.25, -0.2) is 4.79 Å². The monoisotopic (exact) mass is 411 g/mol. The van der Waals surface area contributed by atoms with Gasteiger partial charge in [-0.05, 0) is 24.3 Å². The summed E-state index contributed by atoms with van der Waals surface area (Å²) in [5.41, 5.74) is 1.65. The molecule has 0 bridgehead atoms. The molecule has 0 saturated heterocycles. The summed E-state index contributed by atoms with van der Waals surface area (Å²) in [6.45, 7) is -0.962. The number of nitriles is 1. The van der Waals surface area contributed by atoms with E-state index in [1.54, 1.807) is 48.2 Å². The molecule has 2 aromatic rings. The first kappa shape index (κ1) is 20.2. The van der Waals surface area contributed by atoms with Gasteiger partial charge in [0.15, 0.2) is 13.2 Å². The van der Waals surface area contributed by atoms with Crippen molar-refractivity contribution in [2.24, 2.45) is 0 Å². The zero-order chi connectivity index (χ0) is 21.0. The van der Waals surface area contributed by atoms with Crippen LogP contribution in [0, 0.1) is 11.3 Å². The van der Waals surface area contributed by atoms with E-state index in [9.17, 15) is 14.9 Å². The van der Waals surface area contributed by atoms with Crippen LogP contribution in [0.15, 0.2) is 59.9 Å². The molecule has 0 spiro atoms. The Balaban J connectivity index is 1.65. The predicted octanol–water partition coefficient (Wildman–Crippen LogP) is 3.15. The second-order valence-corrected chi connectivity index (χ2v) is 6.63. The Morgan fingerprint density at radius 2 is 1.59 bits per heavy atom. The molecule has 0 unspecified atom stereocenters. The molecule has 2 aromatic carbocycles. The van der Waals surface area contributed by atoms with Crippen LogP contribution < -0.4 is 14.5 Å². The number of nitrogens with zero attached hydrogens (tertiary/aromatic N) is 3. The van der Waals surface area contributed by atoms with Crippen LogP contribution >= 0.6 is 11.6 Å². The lowest BCUT2D eigenvalue weighted by Gasteiger charge is -2.19. The quantitative estimate of drug-likeness (QED) is 0.410. The summed E-state index contributed by atoms with van der Waals surface area (Å²) < 4.78 is 10.3. The highest BCUT2D eigenvalue weighted by molar-refractivity contribution is 6.32. The van der Waals surface area contributed by atoms with Crippen LogP contribution in [0.4, 0.5) is 11.4 Å². The Morgan fingerprint density at radius 3 is 2.17 bits per heavy atom. The molecule has 0 saturated carbocycles. The predicted molar refractivity (Wildman–Crippen MR) is 109 cm³/mol. The summed E-state index contributed by atoms with van der Waals surface area (Å²) in [6, 6.07) is 16.2. The Bertz CT molecular complexity index is 998. The lowest BCUT2D eigenvalue weighted by molar-refractivity contribution is -0.149. The number of esters is 1. The molecule has 8 heteroatoms. The van der Waals surface area contributed by atoms with Gasteiger partial charge in [0.05, 0.1) is 16.4 Å². The van der Waals surface area contributed by atoms with Crippen molar-refractivity contribution in [3.63, 3.8) is 0 Å². The largest absolute Gasteiger partial charge is 0.480 e. The third-order valence-corrected chi connectivity index (χ3v) is 4.71. The number of carbonyl (C=O) groups is 2. The van der Waals surface area contributed by atoms with Crippen molar-refractivity contribution in [2.75, 3.05) is 37.1 Å². The van der Waals surface area contributed by atoms with Crippen LogP contribution in [-0.4, -0.2) is 39.1 Å². The Hall–Kier alpha value is -3.50. The molecular weight excluding hydrogens is 394 g/mol. The first-order valence-electron chi connectivity index (χ1n) is 8.71. The maximum absolute atomic E-state index is 12.6. The number of halogens is 1. The second-order valence-electron chi connectivity index (χ2n) is 6.22. The molecule has 1 aliphatic heterocycles. The molecular formula is C21H18ClN3O4. The van der Waals surface area contributed by atoms with E-state index in [1.165, 1.54) is 0 Å². The molecule has 0 aliphatic carbocycles. The third kappa shape index (κ3) is 4.18. The zero-order valence-electron chi connectivity index (χ0n) is 15.9. The van der Waals surface area contributed by atoms with Crippen molar-refractivity contribution >= 4 is 34.7 Å². The highest BCUT2D eigenvalue weighted by atomic mass is 35.5. The van der Waals surface area contributed by atoms with Gasteiger partial charge in [-0.15, -0.1) is 0 Å². The van der Waals surface area contributed by atoms with Crippen molar-refractivity contribution in [2.45, 2.75) is 0 Å². The Morgan fingerprint density at radius 1 is 1.00 bits per heavy atom. The summed E-state index contributed by atoms with van der Waals surface area (Å²) in [5.74, 6) is -0.566. The van der Waals surface area contributed by atoms with Crippen LogP contribution in [0.5, 0.6) is 5.75 Å². The minimum absolute atomic E-state index is 0.0916. The average Bonchev–Trinajstić information content (AvgIpc) is 2.98. The van der Waals surface area contributed by atoms with Gasteiger partial charge in [-0.2, -0.15) is 5.26 Å². The van der Waals surface area contributed by atoms with Crippen molar-refractivity contribution in [3.8, 4) is 11.8 Å². The molecule has 0 aromatic heterocycles. The number of benzene rings is 2. The van der Waals surface area contributed by atoms with Gasteiger partial charge in [-0.1, -0.05) is 35.9 Å². The van der Waals surface area contributed by atoms with E-state index in [0.717, 1.165) is 11.4 Å². The molecule has 0 fully saturated rings. The van der Waals surface area contributed by atoms with Crippen molar-refractivity contribution in [1.29, 1.82) is 5.26 Å². The minimum Gasteiger partial charge on any atom is -0.480 e. The van der Waals surface area contributed by atoms with Crippen LogP contribution in [-0.2, 0) is 14.3 Å². The molecule has 148 valence electrons. The number of hydrogen-bond acceptors (Lipinski definition) is 7. The first-order valence-corrected chi connectivity index (χ1v) is 9.09. The fourth-order valence-electron chi connectivity index (χ4n) is 3.02. The number of ether oxygens (including phenoxy) is 2. The van der Waals surface area contributed by atoms with Crippen molar-refractivity contribution in [3.05, 3.63) is 64.9 Å². The zero-order valence-corrected chi connectivity index (χ0v) is 16.6. The lowest BCUT2D eigenvalue weighted by atomic mass is 10.2. The number of rotatable bonds is 6. The summed E-state index contributed by atoms with van der Waals surface area (Å²) in [7, 11) is 3.54. The van der Waals surface area contributed by atoms with Crippen LogP contribution in [0.1, 0.15) is 0 Å². The topological polar surface area (TPSA) is 82.9 Å². The number of carbonyl (C=O) groups excluding carboxylic acids is 2. The van der Waals surface area contributed by atoms with Gasteiger partial charge in [0.25, 0.3) is 0 Å². The number of anilines is 2. The summed E-state index contributed by atoms with van der Waals surface area (Å²) in [4.78, 5) is 28.0. The first-order chi connectivity index (χ1) is 13.9. The summed E-state index contributed by atoms with van der Waals surface area (Å²) >= 11 is 5.95. The van der Waals surface area contributed by atoms with E-state index >= 15 is 0 Å². The molecule has 0 amide bonds. The molecule has 1 heterocycles. The van der Waals surface area contributed by atoms with E-state index in [0.29, 0.717) is 16.6 Å². The average molecular weight is 412 g/mol.